The summed E-state index contributed by atoms with van der Waals surface area (Å²) < 4.78 is 9.92. The monoisotopic (exact) mass is 362 g/mol. The zero-order valence-electron chi connectivity index (χ0n) is 15.1. The van der Waals surface area contributed by atoms with Gasteiger partial charge in [-0.3, -0.25) is 0 Å². The van der Waals surface area contributed by atoms with Gasteiger partial charge in [0.2, 0.25) is 0 Å². The minimum absolute atomic E-state index is 0.0984. The number of rotatable bonds is 4. The van der Waals surface area contributed by atoms with E-state index in [9.17, 15) is 4.55 Å². The molecular formula is C17H35BO3S2. The average molecular weight is 362 g/mol. The Bertz CT molecular complexity index is 356. The van der Waals surface area contributed by atoms with Crippen LogP contribution < -0.4 is 0 Å². The van der Waals surface area contributed by atoms with E-state index in [-0.39, 0.29) is 11.1 Å². The Kier molecular flexibility index (Phi) is 9.68. The summed E-state index contributed by atoms with van der Waals surface area (Å²) in [5, 5.41) is 20.1. The number of hydrogen-bond donors (Lipinski definition) is 3. The molecule has 0 bridgehead atoms. The molecule has 23 heavy (non-hydrogen) atoms. The highest BCUT2D eigenvalue weighted by Crippen LogP contribution is 2.52. The Labute approximate surface area is 149 Å². The van der Waals surface area contributed by atoms with E-state index < -0.39 is 17.4 Å². The molecule has 1 fully saturated rings. The van der Waals surface area contributed by atoms with Gasteiger partial charge in [-0.1, -0.05) is 45.3 Å². The fourth-order valence-corrected chi connectivity index (χ4v) is 6.60. The molecule has 0 aromatic rings. The minimum atomic E-state index is -1.64. The highest BCUT2D eigenvalue weighted by atomic mass is 32.3. The molecule has 1 saturated carbocycles. The van der Waals surface area contributed by atoms with E-state index in [1.165, 1.54) is 19.3 Å². The average Bonchev–Trinajstić information content (AvgIpc) is 2.47. The predicted octanol–water partition coefficient (Wildman–Crippen LogP) is 4.55. The number of allylic oxidation sites excluding steroid dienone is 2. The van der Waals surface area contributed by atoms with Gasteiger partial charge in [-0.25, -0.2) is 0 Å². The molecule has 0 aliphatic heterocycles. The van der Waals surface area contributed by atoms with E-state index in [2.05, 4.69) is 37.8 Å². The molecule has 0 aromatic carbocycles. The topological polar surface area (TPSA) is 60.7 Å². The second kappa shape index (κ2) is 10.4. The van der Waals surface area contributed by atoms with E-state index >= 15 is 0 Å². The van der Waals surface area contributed by atoms with E-state index in [1.807, 2.05) is 12.5 Å². The van der Waals surface area contributed by atoms with Crippen LogP contribution in [0.1, 0.15) is 58.8 Å². The van der Waals surface area contributed by atoms with E-state index in [1.54, 1.807) is 0 Å². The Morgan fingerprint density at radius 2 is 1.74 bits per heavy atom. The van der Waals surface area contributed by atoms with Crippen LogP contribution in [-0.2, 0) is 0 Å². The van der Waals surface area contributed by atoms with E-state index in [0.29, 0.717) is 0 Å². The van der Waals surface area contributed by atoms with Crippen molar-refractivity contribution < 1.29 is 14.6 Å². The summed E-state index contributed by atoms with van der Waals surface area (Å²) in [6.07, 6.45) is 16.2. The molecule has 3 unspecified atom stereocenters. The minimum Gasteiger partial charge on any atom is -0.427 e. The first-order valence-corrected chi connectivity index (χ1v) is 12.2. The van der Waals surface area contributed by atoms with Crippen molar-refractivity contribution in [2.45, 2.75) is 80.4 Å². The van der Waals surface area contributed by atoms with Crippen molar-refractivity contribution in [3.63, 3.8) is 0 Å². The largest absolute Gasteiger partial charge is 0.455 e. The molecule has 2 aliphatic rings. The molecule has 3 atom stereocenters. The first kappa shape index (κ1) is 21.4. The molecule has 0 saturated heterocycles. The maximum atomic E-state index is 9.92. The lowest BCUT2D eigenvalue weighted by Gasteiger charge is -2.42. The van der Waals surface area contributed by atoms with E-state index in [0.717, 1.165) is 36.2 Å². The Morgan fingerprint density at radius 1 is 1.09 bits per heavy atom. The van der Waals surface area contributed by atoms with Crippen molar-refractivity contribution in [3.8, 4) is 0 Å². The van der Waals surface area contributed by atoms with Gasteiger partial charge in [-0.15, -0.1) is 10.3 Å². The number of hydrogen-bond acceptors (Lipinski definition) is 4. The molecule has 0 amide bonds. The summed E-state index contributed by atoms with van der Waals surface area (Å²) in [4.78, 5) is 0. The van der Waals surface area contributed by atoms with Crippen LogP contribution in [0.5, 0.6) is 0 Å². The summed E-state index contributed by atoms with van der Waals surface area (Å²) in [5.74, 6) is -0.122. The van der Waals surface area contributed by atoms with Crippen LogP contribution in [0.25, 0.3) is 0 Å². The smallest absolute Gasteiger partial charge is 0.427 e. The Balaban J connectivity index is 0.000000238. The van der Waals surface area contributed by atoms with Crippen molar-refractivity contribution in [1.82, 2.24) is 0 Å². The third kappa shape index (κ3) is 8.35. The summed E-state index contributed by atoms with van der Waals surface area (Å²) in [6.45, 7) is 4.56. The molecule has 0 radical (unpaired) electrons. The van der Waals surface area contributed by atoms with Crippen LogP contribution in [-0.4, -0.2) is 50.0 Å². The summed E-state index contributed by atoms with van der Waals surface area (Å²) >= 11 is 2.12. The third-order valence-electron chi connectivity index (χ3n) is 4.56. The fraction of sp³-hybridized carbons (Fsp3) is 0.882. The third-order valence-corrected chi connectivity index (χ3v) is 7.99. The van der Waals surface area contributed by atoms with Crippen molar-refractivity contribution in [2.24, 2.45) is 0 Å². The van der Waals surface area contributed by atoms with E-state index in [4.69, 9.17) is 10.0 Å². The van der Waals surface area contributed by atoms with Gasteiger partial charge in [0.05, 0.1) is 0 Å². The SMILES string of the molecule is CC(C)SC1CC=CCC1.CS(C)(O)C1CCCCC1B(O)O. The van der Waals surface area contributed by atoms with Crippen LogP contribution >= 0.6 is 22.1 Å². The molecular weight excluding hydrogens is 327 g/mol. The lowest BCUT2D eigenvalue weighted by atomic mass is 9.65. The van der Waals surface area contributed by atoms with Gasteiger partial charge in [0.15, 0.2) is 0 Å². The second-order valence-corrected chi connectivity index (χ2v) is 12.5. The van der Waals surface area contributed by atoms with Crippen molar-refractivity contribution in [3.05, 3.63) is 12.2 Å². The van der Waals surface area contributed by atoms with Crippen molar-refractivity contribution in [2.75, 3.05) is 12.5 Å². The van der Waals surface area contributed by atoms with Gasteiger partial charge < -0.3 is 14.6 Å². The van der Waals surface area contributed by atoms with Crippen LogP contribution in [0.3, 0.4) is 0 Å². The van der Waals surface area contributed by atoms with Crippen LogP contribution in [0.15, 0.2) is 12.2 Å². The second-order valence-electron chi connectivity index (χ2n) is 7.34. The maximum Gasteiger partial charge on any atom is 0.455 e. The molecule has 136 valence electrons. The summed E-state index contributed by atoms with van der Waals surface area (Å²) in [7, 11) is -2.90. The quantitative estimate of drug-likeness (QED) is 0.507. The highest BCUT2D eigenvalue weighted by molar-refractivity contribution is 8.28. The Hall–Kier alpha value is 0.385. The molecule has 0 heterocycles. The lowest BCUT2D eigenvalue weighted by Crippen LogP contribution is -2.35. The zero-order valence-corrected chi connectivity index (χ0v) is 16.8. The molecule has 0 aromatic heterocycles. The number of thioether (sulfide) groups is 1. The molecule has 2 aliphatic carbocycles. The van der Waals surface area contributed by atoms with Gasteiger partial charge >= 0.3 is 7.12 Å². The highest BCUT2D eigenvalue weighted by Gasteiger charge is 2.39. The van der Waals surface area contributed by atoms with Gasteiger partial charge in [-0.05, 0) is 43.4 Å². The first-order valence-electron chi connectivity index (χ1n) is 8.83. The standard InChI is InChI=1S/C9H16S.C8H19BO3S/c1-8(2)10-9-6-4-3-5-7-9;1-13(2,12)8-6-4-3-5-7(8)9(10)11/h3-4,8-9H,5-7H2,1-2H3;7-8,10-12H,3-6H2,1-2H3. The summed E-state index contributed by atoms with van der Waals surface area (Å²) in [5.41, 5.74) is 0. The van der Waals surface area contributed by atoms with Crippen LogP contribution in [0, 0.1) is 0 Å². The summed E-state index contributed by atoms with van der Waals surface area (Å²) in [6, 6.07) is 0. The molecule has 6 heteroatoms. The van der Waals surface area contributed by atoms with Crippen molar-refractivity contribution >= 4 is 29.2 Å². The maximum absolute atomic E-state index is 9.92. The fourth-order valence-electron chi connectivity index (χ4n) is 3.46. The molecule has 3 nitrogen and oxygen atoms in total. The first-order chi connectivity index (χ1) is 10.7. The molecule has 2 rings (SSSR count). The molecule has 0 spiro atoms. The van der Waals surface area contributed by atoms with Gasteiger partial charge in [0, 0.05) is 16.3 Å². The lowest BCUT2D eigenvalue weighted by molar-refractivity contribution is 0.351. The van der Waals surface area contributed by atoms with Crippen LogP contribution in [0.4, 0.5) is 0 Å². The predicted molar refractivity (Wildman–Crippen MR) is 108 cm³/mol. The van der Waals surface area contributed by atoms with Crippen LogP contribution in [0.2, 0.25) is 5.82 Å². The zero-order chi connectivity index (χ0) is 17.5. The van der Waals surface area contributed by atoms with Crippen molar-refractivity contribution in [1.29, 1.82) is 0 Å². The van der Waals surface area contributed by atoms with Gasteiger partial charge in [0.1, 0.15) is 0 Å². The van der Waals surface area contributed by atoms with Gasteiger partial charge in [0.25, 0.3) is 0 Å². The Morgan fingerprint density at radius 3 is 2.17 bits per heavy atom. The molecule has 3 N–H and O–H groups in total. The normalized spacial score (nSPS) is 29.0. The van der Waals surface area contributed by atoms with Gasteiger partial charge in [-0.2, -0.15) is 11.8 Å².